The van der Waals surface area contributed by atoms with E-state index in [1.165, 1.54) is 6.08 Å². The van der Waals surface area contributed by atoms with Gasteiger partial charge in [0.25, 0.3) is 0 Å². The summed E-state index contributed by atoms with van der Waals surface area (Å²) in [6, 6.07) is 0. The third kappa shape index (κ3) is 20.1. The Kier molecular flexibility index (Phi) is 21.9. The molecule has 13 heavy (non-hydrogen) atoms. The fourth-order valence-electron chi connectivity index (χ4n) is 0.544. The van der Waals surface area contributed by atoms with Gasteiger partial charge in [-0.3, -0.25) is 0 Å². The summed E-state index contributed by atoms with van der Waals surface area (Å²) in [5.41, 5.74) is 0. The maximum Gasteiger partial charge on any atom is 1.00 e. The van der Waals surface area contributed by atoms with E-state index in [4.69, 9.17) is 0 Å². The first-order valence-electron chi connectivity index (χ1n) is 3.20. The topological polar surface area (TPSA) is 80.3 Å². The summed E-state index contributed by atoms with van der Waals surface area (Å²) in [7, 11) is 0. The molecule has 6 heteroatoms. The summed E-state index contributed by atoms with van der Waals surface area (Å²) in [6.07, 6.45) is 3.01. The standard InChI is InChI=1S/C7H10O4.2K/c8-6(9)4-2-1-3-5-7(10)11;;/h2,4H,1,3,5H2,(H,8,9)(H,10,11);;/q;2*+1/p-2. The van der Waals surface area contributed by atoms with Crippen molar-refractivity contribution in [1.29, 1.82) is 0 Å². The van der Waals surface area contributed by atoms with Gasteiger partial charge in [-0.15, -0.1) is 0 Å². The van der Waals surface area contributed by atoms with Gasteiger partial charge in [0, 0.05) is 5.97 Å². The number of allylic oxidation sites excluding steroid dienone is 1. The van der Waals surface area contributed by atoms with Gasteiger partial charge in [-0.1, -0.05) is 6.08 Å². The molecule has 4 nitrogen and oxygen atoms in total. The minimum atomic E-state index is -1.27. The van der Waals surface area contributed by atoms with Crippen LogP contribution in [0.15, 0.2) is 12.2 Å². The molecule has 0 aliphatic rings. The molecule has 0 saturated heterocycles. The Bertz CT molecular complexity index is 179. The van der Waals surface area contributed by atoms with E-state index < -0.39 is 11.9 Å². The number of aliphatic carboxylic acids is 2. The summed E-state index contributed by atoms with van der Waals surface area (Å²) in [5.74, 6) is -2.38. The molecule has 0 aromatic carbocycles. The van der Waals surface area contributed by atoms with Crippen LogP contribution in [0.2, 0.25) is 0 Å². The molecule has 0 amide bonds. The second-order valence-corrected chi connectivity index (χ2v) is 1.99. The van der Waals surface area contributed by atoms with Crippen LogP contribution in [0.3, 0.4) is 0 Å². The Morgan fingerprint density at radius 2 is 1.69 bits per heavy atom. The molecule has 62 valence electrons. The van der Waals surface area contributed by atoms with Gasteiger partial charge in [-0.05, 0) is 25.3 Å². The molecule has 0 atom stereocenters. The first kappa shape index (κ1) is 20.4. The molecule has 0 rings (SSSR count). The Morgan fingerprint density at radius 3 is 2.08 bits per heavy atom. The molecule has 0 fully saturated rings. The number of carbonyl (C=O) groups excluding carboxylic acids is 2. The average Bonchev–Trinajstić information content (AvgIpc) is 1.85. The van der Waals surface area contributed by atoms with Crippen LogP contribution in [-0.2, 0) is 9.59 Å². The monoisotopic (exact) mass is 234 g/mol. The molecule has 0 unspecified atom stereocenters. The number of rotatable bonds is 5. The van der Waals surface area contributed by atoms with Crippen LogP contribution in [0.5, 0.6) is 0 Å². The maximum atomic E-state index is 9.83. The van der Waals surface area contributed by atoms with Gasteiger partial charge >= 0.3 is 103 Å². The van der Waals surface area contributed by atoms with E-state index in [-0.39, 0.29) is 109 Å². The fraction of sp³-hybridized carbons (Fsp3) is 0.429. The Morgan fingerprint density at radius 1 is 1.15 bits per heavy atom. The van der Waals surface area contributed by atoms with Crippen molar-refractivity contribution in [2.45, 2.75) is 19.3 Å². The van der Waals surface area contributed by atoms with Crippen LogP contribution in [-0.4, -0.2) is 11.9 Å². The number of unbranched alkanes of at least 4 members (excludes halogenated alkanes) is 1. The molecule has 0 spiro atoms. The van der Waals surface area contributed by atoms with Crippen molar-refractivity contribution in [2.75, 3.05) is 0 Å². The fourth-order valence-corrected chi connectivity index (χ4v) is 0.544. The van der Waals surface area contributed by atoms with Crippen molar-refractivity contribution in [2.24, 2.45) is 0 Å². The zero-order valence-electron chi connectivity index (χ0n) is 7.91. The third-order valence-corrected chi connectivity index (χ3v) is 1.01. The smallest absolute Gasteiger partial charge is 0.550 e. The molecule has 0 aromatic heterocycles. The van der Waals surface area contributed by atoms with E-state index in [2.05, 4.69) is 0 Å². The minimum Gasteiger partial charge on any atom is -0.550 e. The largest absolute Gasteiger partial charge is 1.00 e. The predicted molar refractivity (Wildman–Crippen MR) is 33.0 cm³/mol. The normalized spacial score (nSPS) is 8.62. The van der Waals surface area contributed by atoms with Crippen molar-refractivity contribution in [3.8, 4) is 0 Å². The number of hydrogen-bond donors (Lipinski definition) is 0. The molecule has 0 saturated carbocycles. The molecule has 0 aliphatic heterocycles. The Hall–Kier alpha value is 1.95. The van der Waals surface area contributed by atoms with Crippen molar-refractivity contribution in [1.82, 2.24) is 0 Å². The summed E-state index contributed by atoms with van der Waals surface area (Å²) in [6.45, 7) is 0. The molecule has 0 bridgehead atoms. The van der Waals surface area contributed by atoms with Gasteiger partial charge in [0.15, 0.2) is 0 Å². The number of hydrogen-bond acceptors (Lipinski definition) is 4. The zero-order valence-corrected chi connectivity index (χ0v) is 14.2. The van der Waals surface area contributed by atoms with Crippen molar-refractivity contribution in [3.05, 3.63) is 12.2 Å². The second kappa shape index (κ2) is 14.0. The molecule has 0 radical (unpaired) electrons. The van der Waals surface area contributed by atoms with Gasteiger partial charge < -0.3 is 19.8 Å². The summed E-state index contributed by atoms with van der Waals surface area (Å²) < 4.78 is 0. The number of carbonyl (C=O) groups is 2. The van der Waals surface area contributed by atoms with Crippen LogP contribution >= 0.6 is 0 Å². The molecular weight excluding hydrogens is 226 g/mol. The molecular formula is C7H8K2O4. The van der Waals surface area contributed by atoms with Gasteiger partial charge in [0.2, 0.25) is 0 Å². The van der Waals surface area contributed by atoms with E-state index in [9.17, 15) is 19.8 Å². The zero-order chi connectivity index (χ0) is 8.69. The van der Waals surface area contributed by atoms with Crippen molar-refractivity contribution < 1.29 is 123 Å². The van der Waals surface area contributed by atoms with Crippen LogP contribution in [0.1, 0.15) is 19.3 Å². The van der Waals surface area contributed by atoms with E-state index in [0.717, 1.165) is 6.08 Å². The van der Waals surface area contributed by atoms with Crippen LogP contribution < -0.4 is 113 Å². The number of carboxylic acids is 2. The van der Waals surface area contributed by atoms with E-state index >= 15 is 0 Å². The minimum absolute atomic E-state index is 0. The first-order valence-corrected chi connectivity index (χ1v) is 3.20. The molecule has 0 aromatic rings. The van der Waals surface area contributed by atoms with Gasteiger partial charge in [0.1, 0.15) is 0 Å². The van der Waals surface area contributed by atoms with E-state index in [1.807, 2.05) is 0 Å². The summed E-state index contributed by atoms with van der Waals surface area (Å²) in [4.78, 5) is 19.6. The number of carboxylic acid groups (broad SMARTS) is 2. The maximum absolute atomic E-state index is 9.83. The summed E-state index contributed by atoms with van der Waals surface area (Å²) in [5, 5.41) is 19.6. The molecule has 0 N–H and O–H groups in total. The van der Waals surface area contributed by atoms with Crippen molar-refractivity contribution >= 4 is 11.9 Å². The van der Waals surface area contributed by atoms with Gasteiger partial charge in [-0.2, -0.15) is 0 Å². The van der Waals surface area contributed by atoms with Crippen molar-refractivity contribution in [3.63, 3.8) is 0 Å². The van der Waals surface area contributed by atoms with Crippen LogP contribution in [0, 0.1) is 0 Å². The second-order valence-electron chi connectivity index (χ2n) is 1.99. The Balaban J connectivity index is -0.000000500. The summed E-state index contributed by atoms with van der Waals surface area (Å²) >= 11 is 0. The Labute approximate surface area is 162 Å². The van der Waals surface area contributed by atoms with Crippen LogP contribution in [0.25, 0.3) is 0 Å². The molecule has 0 heterocycles. The third-order valence-electron chi connectivity index (χ3n) is 1.01. The quantitative estimate of drug-likeness (QED) is 0.269. The van der Waals surface area contributed by atoms with E-state index in [1.54, 1.807) is 0 Å². The van der Waals surface area contributed by atoms with E-state index in [0.29, 0.717) is 12.8 Å². The van der Waals surface area contributed by atoms with Gasteiger partial charge in [-0.25, -0.2) is 0 Å². The first-order chi connectivity index (χ1) is 5.13. The predicted octanol–water partition coefficient (Wildman–Crippen LogP) is -7.78. The SMILES string of the molecule is O=C([O-])C=CCCCC(=O)[O-].[K+].[K+]. The van der Waals surface area contributed by atoms with Gasteiger partial charge in [0.05, 0.1) is 5.97 Å². The average molecular weight is 234 g/mol. The van der Waals surface area contributed by atoms with Crippen LogP contribution in [0.4, 0.5) is 0 Å². The molecule has 0 aliphatic carbocycles.